The van der Waals surface area contributed by atoms with E-state index in [1.165, 1.54) is 0 Å². The molecule has 1 aliphatic heterocycles. The van der Waals surface area contributed by atoms with Crippen LogP contribution in [0.1, 0.15) is 46.4 Å². The summed E-state index contributed by atoms with van der Waals surface area (Å²) in [5.74, 6) is -0.109. The standard InChI is InChI=1S/C15H19N5O2/c1-20-12(5-7-16-20)14-11(6-8-22-14)17-15(21)13-9-3-2-4-10(9)18-19-13/h5,7,11,14H,2-4,6,8H2,1H3,(H,17,21)(H,18,19)/t11-,14-/m0/s1. The Bertz CT molecular complexity index is 705. The lowest BCUT2D eigenvalue weighted by atomic mass is 10.1. The first-order chi connectivity index (χ1) is 10.7. The van der Waals surface area contributed by atoms with Gasteiger partial charge in [-0.1, -0.05) is 0 Å². The molecule has 1 saturated heterocycles. The molecule has 0 bridgehead atoms. The van der Waals surface area contributed by atoms with Gasteiger partial charge < -0.3 is 10.1 Å². The third-order valence-electron chi connectivity index (χ3n) is 4.58. The quantitative estimate of drug-likeness (QED) is 0.882. The number of hydrogen-bond donors (Lipinski definition) is 2. The Morgan fingerprint density at radius 1 is 1.50 bits per heavy atom. The summed E-state index contributed by atoms with van der Waals surface area (Å²) in [4.78, 5) is 12.5. The molecule has 2 atom stereocenters. The molecule has 0 spiro atoms. The van der Waals surface area contributed by atoms with Gasteiger partial charge in [0.05, 0.1) is 11.7 Å². The van der Waals surface area contributed by atoms with Crippen molar-refractivity contribution in [3.8, 4) is 0 Å². The largest absolute Gasteiger partial charge is 0.370 e. The van der Waals surface area contributed by atoms with Crippen LogP contribution < -0.4 is 5.32 Å². The van der Waals surface area contributed by atoms with Crippen molar-refractivity contribution in [3.05, 3.63) is 34.9 Å². The first-order valence-corrected chi connectivity index (χ1v) is 7.70. The van der Waals surface area contributed by atoms with E-state index in [1.807, 2.05) is 13.1 Å². The van der Waals surface area contributed by atoms with Crippen LogP contribution in [0.15, 0.2) is 12.3 Å². The molecule has 2 aromatic rings. The van der Waals surface area contributed by atoms with Crippen molar-refractivity contribution in [1.29, 1.82) is 0 Å². The summed E-state index contributed by atoms with van der Waals surface area (Å²) in [6.45, 7) is 0.638. The zero-order valence-electron chi connectivity index (χ0n) is 12.5. The van der Waals surface area contributed by atoms with Gasteiger partial charge in [-0.2, -0.15) is 10.2 Å². The number of H-pyrrole nitrogens is 1. The van der Waals surface area contributed by atoms with Crippen LogP contribution in [0.3, 0.4) is 0 Å². The minimum absolute atomic E-state index is 0.0448. The second-order valence-electron chi connectivity index (χ2n) is 5.92. The number of aromatic nitrogens is 4. The number of rotatable bonds is 3. The number of fused-ring (bicyclic) bond motifs is 1. The van der Waals surface area contributed by atoms with Gasteiger partial charge in [0.1, 0.15) is 6.10 Å². The Hall–Kier alpha value is -2.15. The van der Waals surface area contributed by atoms with Gasteiger partial charge >= 0.3 is 0 Å². The zero-order chi connectivity index (χ0) is 15.1. The van der Waals surface area contributed by atoms with Gasteiger partial charge in [-0.25, -0.2) is 0 Å². The second kappa shape index (κ2) is 5.24. The van der Waals surface area contributed by atoms with Crippen LogP contribution in [0.25, 0.3) is 0 Å². The van der Waals surface area contributed by atoms with E-state index in [4.69, 9.17) is 4.74 Å². The van der Waals surface area contributed by atoms with E-state index in [9.17, 15) is 4.79 Å². The van der Waals surface area contributed by atoms with E-state index in [-0.39, 0.29) is 18.1 Å². The number of ether oxygens (including phenoxy) is 1. The fourth-order valence-corrected chi connectivity index (χ4v) is 3.44. The van der Waals surface area contributed by atoms with E-state index in [0.717, 1.165) is 42.6 Å². The fraction of sp³-hybridized carbons (Fsp3) is 0.533. The van der Waals surface area contributed by atoms with E-state index in [0.29, 0.717) is 12.3 Å². The Kier molecular flexibility index (Phi) is 3.22. The van der Waals surface area contributed by atoms with Crippen molar-refractivity contribution in [3.63, 3.8) is 0 Å². The number of nitrogens with zero attached hydrogens (tertiary/aromatic N) is 3. The monoisotopic (exact) mass is 301 g/mol. The van der Waals surface area contributed by atoms with E-state index < -0.39 is 0 Å². The number of aryl methyl sites for hydroxylation is 2. The summed E-state index contributed by atoms with van der Waals surface area (Å²) in [7, 11) is 1.89. The third-order valence-corrected chi connectivity index (χ3v) is 4.58. The molecule has 2 aromatic heterocycles. The van der Waals surface area contributed by atoms with Crippen molar-refractivity contribution in [2.75, 3.05) is 6.61 Å². The van der Waals surface area contributed by atoms with Gasteiger partial charge in [-0.05, 0) is 31.7 Å². The smallest absolute Gasteiger partial charge is 0.272 e. The van der Waals surface area contributed by atoms with Crippen molar-refractivity contribution < 1.29 is 9.53 Å². The normalized spacial score (nSPS) is 23.7. The van der Waals surface area contributed by atoms with Gasteiger partial charge in [-0.3, -0.25) is 14.6 Å². The van der Waals surface area contributed by atoms with Crippen LogP contribution in [0.4, 0.5) is 0 Å². The van der Waals surface area contributed by atoms with Crippen LogP contribution in [-0.4, -0.2) is 38.5 Å². The number of aromatic amines is 1. The average Bonchev–Trinajstić information content (AvgIpc) is 3.21. The van der Waals surface area contributed by atoms with Crippen LogP contribution in [0, 0.1) is 0 Å². The molecule has 0 saturated carbocycles. The maximum Gasteiger partial charge on any atom is 0.272 e. The van der Waals surface area contributed by atoms with Gasteiger partial charge in [0, 0.05) is 31.1 Å². The highest BCUT2D eigenvalue weighted by molar-refractivity contribution is 5.94. The molecule has 22 heavy (non-hydrogen) atoms. The van der Waals surface area contributed by atoms with Crippen molar-refractivity contribution >= 4 is 5.91 Å². The fourth-order valence-electron chi connectivity index (χ4n) is 3.44. The van der Waals surface area contributed by atoms with Gasteiger partial charge in [0.2, 0.25) is 0 Å². The highest BCUT2D eigenvalue weighted by atomic mass is 16.5. The molecule has 2 N–H and O–H groups in total. The summed E-state index contributed by atoms with van der Waals surface area (Å²) in [5, 5.41) is 14.4. The summed E-state index contributed by atoms with van der Waals surface area (Å²) in [6, 6.07) is 1.89. The SMILES string of the molecule is Cn1nccc1[C@H]1OCC[C@@H]1NC(=O)c1n[nH]c2c1CCC2. The van der Waals surface area contributed by atoms with Gasteiger partial charge in [0.25, 0.3) is 5.91 Å². The van der Waals surface area contributed by atoms with E-state index in [2.05, 4.69) is 20.6 Å². The maximum atomic E-state index is 12.5. The van der Waals surface area contributed by atoms with Crippen LogP contribution in [0.5, 0.6) is 0 Å². The van der Waals surface area contributed by atoms with E-state index in [1.54, 1.807) is 10.9 Å². The number of hydrogen-bond acceptors (Lipinski definition) is 4. The topological polar surface area (TPSA) is 84.8 Å². The molecule has 1 aliphatic carbocycles. The van der Waals surface area contributed by atoms with Crippen LogP contribution in [0.2, 0.25) is 0 Å². The highest BCUT2D eigenvalue weighted by Crippen LogP contribution is 2.29. The minimum Gasteiger partial charge on any atom is -0.370 e. The highest BCUT2D eigenvalue weighted by Gasteiger charge is 2.34. The molecule has 1 amide bonds. The molecular formula is C15H19N5O2. The Morgan fingerprint density at radius 2 is 2.41 bits per heavy atom. The molecule has 0 aromatic carbocycles. The van der Waals surface area contributed by atoms with Gasteiger partial charge in [0.15, 0.2) is 5.69 Å². The van der Waals surface area contributed by atoms with Crippen molar-refractivity contribution in [2.45, 2.75) is 37.8 Å². The molecule has 3 heterocycles. The third kappa shape index (κ3) is 2.12. The summed E-state index contributed by atoms with van der Waals surface area (Å²) >= 11 is 0. The predicted molar refractivity (Wildman–Crippen MR) is 78.4 cm³/mol. The first-order valence-electron chi connectivity index (χ1n) is 7.70. The number of amides is 1. The summed E-state index contributed by atoms with van der Waals surface area (Å²) < 4.78 is 7.59. The maximum absolute atomic E-state index is 12.5. The molecular weight excluding hydrogens is 282 g/mol. The van der Waals surface area contributed by atoms with Gasteiger partial charge in [-0.15, -0.1) is 0 Å². The lowest BCUT2D eigenvalue weighted by Crippen LogP contribution is -2.38. The molecule has 2 aliphatic rings. The number of carbonyl (C=O) groups is 1. The lowest BCUT2D eigenvalue weighted by molar-refractivity contribution is 0.0789. The Labute approximate surface area is 128 Å². The molecule has 4 rings (SSSR count). The Morgan fingerprint density at radius 3 is 3.23 bits per heavy atom. The van der Waals surface area contributed by atoms with Crippen LogP contribution in [-0.2, 0) is 24.6 Å². The first kappa shape index (κ1) is 13.5. The molecule has 0 unspecified atom stereocenters. The minimum atomic E-state index is -0.150. The zero-order valence-corrected chi connectivity index (χ0v) is 12.5. The molecule has 7 heteroatoms. The summed E-state index contributed by atoms with van der Waals surface area (Å²) in [6.07, 6.45) is 5.41. The Balaban J connectivity index is 1.52. The number of carbonyl (C=O) groups excluding carboxylic acids is 1. The molecule has 116 valence electrons. The molecule has 7 nitrogen and oxygen atoms in total. The second-order valence-corrected chi connectivity index (χ2v) is 5.92. The van der Waals surface area contributed by atoms with Crippen LogP contribution >= 0.6 is 0 Å². The number of nitrogens with one attached hydrogen (secondary N) is 2. The van der Waals surface area contributed by atoms with Crippen molar-refractivity contribution in [2.24, 2.45) is 7.05 Å². The van der Waals surface area contributed by atoms with E-state index >= 15 is 0 Å². The average molecular weight is 301 g/mol. The molecule has 1 fully saturated rings. The lowest BCUT2D eigenvalue weighted by Gasteiger charge is -2.19. The van der Waals surface area contributed by atoms with Crippen molar-refractivity contribution in [1.82, 2.24) is 25.3 Å². The predicted octanol–water partition coefficient (Wildman–Crippen LogP) is 0.892. The summed E-state index contributed by atoms with van der Waals surface area (Å²) in [5.41, 5.74) is 3.71. The molecule has 0 radical (unpaired) electrons.